The normalized spacial score (nSPS) is 8.67. The zero-order chi connectivity index (χ0) is 15.4. The van der Waals surface area contributed by atoms with E-state index in [9.17, 15) is 0 Å². The summed E-state index contributed by atoms with van der Waals surface area (Å²) >= 11 is 0. The highest BCUT2D eigenvalue weighted by Gasteiger charge is 1.88. The quantitative estimate of drug-likeness (QED) is 0.733. The molecule has 2 nitrogen and oxygen atoms in total. The van der Waals surface area contributed by atoms with Crippen molar-refractivity contribution >= 4 is 0 Å². The average molecular weight is 263 g/mol. The van der Waals surface area contributed by atoms with Crippen molar-refractivity contribution in [2.24, 2.45) is 11.8 Å². The summed E-state index contributed by atoms with van der Waals surface area (Å²) in [5.41, 5.74) is 0. The van der Waals surface area contributed by atoms with E-state index in [1.807, 2.05) is 34.7 Å². The van der Waals surface area contributed by atoms with Crippen LogP contribution in [0, 0.1) is 11.8 Å². The second-order valence-corrected chi connectivity index (χ2v) is 4.49. The topological polar surface area (TPSA) is 24.1 Å². The molecule has 0 aliphatic heterocycles. The van der Waals surface area contributed by atoms with Crippen molar-refractivity contribution in [3.63, 3.8) is 0 Å². The molecule has 0 unspecified atom stereocenters. The van der Waals surface area contributed by atoms with Crippen molar-refractivity contribution in [3.05, 3.63) is 0 Å². The van der Waals surface area contributed by atoms with E-state index >= 15 is 0 Å². The van der Waals surface area contributed by atoms with Crippen molar-refractivity contribution in [3.8, 4) is 0 Å². The molecule has 0 fully saturated rings. The SMILES string of the molecule is CC.CC.CCNCC(C)C.CNCCC(C)C. The first-order chi connectivity index (χ1) is 8.54. The summed E-state index contributed by atoms with van der Waals surface area (Å²) in [4.78, 5) is 0. The van der Waals surface area contributed by atoms with Gasteiger partial charge in [-0.05, 0) is 44.9 Å². The highest BCUT2D eigenvalue weighted by atomic mass is 14.8. The highest BCUT2D eigenvalue weighted by Crippen LogP contribution is 1.94. The van der Waals surface area contributed by atoms with E-state index in [0.29, 0.717) is 0 Å². The van der Waals surface area contributed by atoms with E-state index in [0.717, 1.165) is 31.5 Å². The molecule has 0 amide bonds. The summed E-state index contributed by atoms with van der Waals surface area (Å²) in [5, 5.41) is 6.35. The molecule has 0 bridgehead atoms. The maximum atomic E-state index is 3.25. The van der Waals surface area contributed by atoms with Gasteiger partial charge in [-0.1, -0.05) is 62.3 Å². The van der Waals surface area contributed by atoms with E-state index in [4.69, 9.17) is 0 Å². The van der Waals surface area contributed by atoms with Crippen LogP contribution in [0.4, 0.5) is 0 Å². The molecular formula is C16H42N2. The number of nitrogens with one attached hydrogen (secondary N) is 2. The maximum absolute atomic E-state index is 3.25. The van der Waals surface area contributed by atoms with Gasteiger partial charge < -0.3 is 10.6 Å². The fraction of sp³-hybridized carbons (Fsp3) is 1.00. The van der Waals surface area contributed by atoms with Crippen molar-refractivity contribution < 1.29 is 0 Å². The van der Waals surface area contributed by atoms with Crippen LogP contribution < -0.4 is 10.6 Å². The summed E-state index contributed by atoms with van der Waals surface area (Å²) in [7, 11) is 1.99. The van der Waals surface area contributed by atoms with Gasteiger partial charge in [-0.2, -0.15) is 0 Å². The smallest absolute Gasteiger partial charge is 0.00259 e. The van der Waals surface area contributed by atoms with Crippen LogP contribution in [0.25, 0.3) is 0 Å². The summed E-state index contributed by atoms with van der Waals surface area (Å²) < 4.78 is 0. The fourth-order valence-electron chi connectivity index (χ4n) is 0.866. The molecule has 0 atom stereocenters. The van der Waals surface area contributed by atoms with Gasteiger partial charge in [0.15, 0.2) is 0 Å². The van der Waals surface area contributed by atoms with E-state index in [-0.39, 0.29) is 0 Å². The Morgan fingerprint density at radius 2 is 1.28 bits per heavy atom. The highest BCUT2D eigenvalue weighted by molar-refractivity contribution is 4.46. The van der Waals surface area contributed by atoms with Crippen LogP contribution in [-0.4, -0.2) is 26.7 Å². The molecule has 18 heavy (non-hydrogen) atoms. The first-order valence-corrected chi connectivity index (χ1v) is 7.89. The first-order valence-electron chi connectivity index (χ1n) is 7.89. The van der Waals surface area contributed by atoms with Crippen LogP contribution in [0.1, 0.15) is 68.7 Å². The Labute approximate surface area is 118 Å². The Morgan fingerprint density at radius 3 is 1.39 bits per heavy atom. The second kappa shape index (κ2) is 30.2. The van der Waals surface area contributed by atoms with Crippen LogP contribution >= 0.6 is 0 Å². The van der Waals surface area contributed by atoms with Gasteiger partial charge in [0.25, 0.3) is 0 Å². The molecule has 0 aromatic rings. The van der Waals surface area contributed by atoms with Crippen molar-refractivity contribution in [1.29, 1.82) is 0 Å². The van der Waals surface area contributed by atoms with Gasteiger partial charge in [0.1, 0.15) is 0 Å². The third kappa shape index (κ3) is 56.5. The first kappa shape index (κ1) is 26.5. The lowest BCUT2D eigenvalue weighted by molar-refractivity contribution is 0.562. The predicted molar refractivity (Wildman–Crippen MR) is 89.5 cm³/mol. The van der Waals surface area contributed by atoms with Gasteiger partial charge in [-0.25, -0.2) is 0 Å². The fourth-order valence-corrected chi connectivity index (χ4v) is 0.866. The summed E-state index contributed by atoms with van der Waals surface area (Å²) in [6.07, 6.45) is 1.29. The van der Waals surface area contributed by atoms with Crippen molar-refractivity contribution in [2.45, 2.75) is 68.7 Å². The monoisotopic (exact) mass is 262 g/mol. The Kier molecular flexibility index (Phi) is 44.4. The van der Waals surface area contributed by atoms with E-state index in [1.54, 1.807) is 0 Å². The lowest BCUT2D eigenvalue weighted by Crippen LogP contribution is -2.18. The van der Waals surface area contributed by atoms with Gasteiger partial charge >= 0.3 is 0 Å². The average Bonchev–Trinajstić information content (AvgIpc) is 2.39. The lowest BCUT2D eigenvalue weighted by Gasteiger charge is -2.01. The Morgan fingerprint density at radius 1 is 0.833 bits per heavy atom. The van der Waals surface area contributed by atoms with E-state index in [1.165, 1.54) is 6.42 Å². The molecule has 0 aliphatic carbocycles. The lowest BCUT2D eigenvalue weighted by atomic mass is 10.1. The Hall–Kier alpha value is -0.0800. The number of hydrogen-bond donors (Lipinski definition) is 2. The number of hydrogen-bond acceptors (Lipinski definition) is 2. The summed E-state index contributed by atoms with van der Waals surface area (Å²) in [6.45, 7) is 22.4. The van der Waals surface area contributed by atoms with Gasteiger partial charge in [-0.3, -0.25) is 0 Å². The van der Waals surface area contributed by atoms with Crippen LogP contribution in [-0.2, 0) is 0 Å². The molecule has 0 spiro atoms. The molecule has 2 N–H and O–H groups in total. The van der Waals surface area contributed by atoms with Crippen molar-refractivity contribution in [2.75, 3.05) is 26.7 Å². The molecule has 0 aliphatic rings. The zero-order valence-corrected chi connectivity index (χ0v) is 15.0. The van der Waals surface area contributed by atoms with Crippen LogP contribution in [0.15, 0.2) is 0 Å². The standard InChI is InChI=1S/2C6H15N.2C2H6/c1-6(2)4-5-7-3;1-4-7-5-6(2)3;2*1-2/h2*6-7H,4-5H2,1-3H3;2*1-2H3. The van der Waals surface area contributed by atoms with Gasteiger partial charge in [0.2, 0.25) is 0 Å². The summed E-state index contributed by atoms with van der Waals surface area (Å²) in [5.74, 6) is 1.63. The molecular weight excluding hydrogens is 220 g/mol. The van der Waals surface area contributed by atoms with Gasteiger partial charge in [0.05, 0.1) is 0 Å². The summed E-state index contributed by atoms with van der Waals surface area (Å²) in [6, 6.07) is 0. The molecule has 116 valence electrons. The van der Waals surface area contributed by atoms with Crippen molar-refractivity contribution in [1.82, 2.24) is 10.6 Å². The predicted octanol–water partition coefficient (Wildman–Crippen LogP) is 4.56. The van der Waals surface area contributed by atoms with Crippen LogP contribution in [0.3, 0.4) is 0 Å². The Bertz CT molecular complexity index is 79.1. The maximum Gasteiger partial charge on any atom is -0.00259 e. The van der Waals surface area contributed by atoms with Crippen LogP contribution in [0.2, 0.25) is 0 Å². The van der Waals surface area contributed by atoms with Gasteiger partial charge in [0, 0.05) is 0 Å². The van der Waals surface area contributed by atoms with E-state index in [2.05, 4.69) is 45.3 Å². The molecule has 0 radical (unpaired) electrons. The van der Waals surface area contributed by atoms with E-state index < -0.39 is 0 Å². The molecule has 0 rings (SSSR count). The largest absolute Gasteiger partial charge is 0.320 e. The minimum absolute atomic E-state index is 0.792. The van der Waals surface area contributed by atoms with Crippen LogP contribution in [0.5, 0.6) is 0 Å². The second-order valence-electron chi connectivity index (χ2n) is 4.49. The minimum atomic E-state index is 0.792. The third-order valence-corrected chi connectivity index (χ3v) is 1.77. The zero-order valence-electron chi connectivity index (χ0n) is 15.0. The number of rotatable bonds is 6. The molecule has 0 heterocycles. The Balaban J connectivity index is -0.0000000851. The molecule has 0 saturated heterocycles. The molecule has 0 aromatic carbocycles. The molecule has 0 aromatic heterocycles. The van der Waals surface area contributed by atoms with Gasteiger partial charge in [-0.15, -0.1) is 0 Å². The third-order valence-electron chi connectivity index (χ3n) is 1.77. The minimum Gasteiger partial charge on any atom is -0.320 e. The molecule has 2 heteroatoms. The molecule has 0 saturated carbocycles.